The summed E-state index contributed by atoms with van der Waals surface area (Å²) in [4.78, 5) is 21.5. The van der Waals surface area contributed by atoms with Crippen LogP contribution in [0.1, 0.15) is 55.1 Å². The molecule has 0 spiro atoms. The number of likely N-dealkylation sites (N-methyl/N-ethyl adjacent to an activating group) is 1. The fourth-order valence-electron chi connectivity index (χ4n) is 4.08. The van der Waals surface area contributed by atoms with Crippen molar-refractivity contribution >= 4 is 5.91 Å². The molecular formula is C24H33N3O. The summed E-state index contributed by atoms with van der Waals surface area (Å²) in [6.45, 7) is 10.3. The molecular weight excluding hydrogens is 346 g/mol. The summed E-state index contributed by atoms with van der Waals surface area (Å²) in [6.07, 6.45) is 3.04. The largest absolute Gasteiger partial charge is 0.342 e. The number of rotatable bonds is 7. The SMILES string of the molecule is CCN(CC)C(=O)CN1CCC(c2cccc(Cc3ccccc3C)n2)CC1. The Morgan fingerprint density at radius 2 is 1.79 bits per heavy atom. The fraction of sp³-hybridized carbons (Fsp3) is 0.500. The van der Waals surface area contributed by atoms with Gasteiger partial charge in [-0.25, -0.2) is 0 Å². The van der Waals surface area contributed by atoms with E-state index in [0.29, 0.717) is 12.5 Å². The molecule has 1 saturated heterocycles. The first-order valence-electron chi connectivity index (χ1n) is 10.6. The molecule has 0 saturated carbocycles. The zero-order chi connectivity index (χ0) is 19.9. The first-order chi connectivity index (χ1) is 13.6. The molecule has 4 heteroatoms. The molecule has 28 heavy (non-hydrogen) atoms. The van der Waals surface area contributed by atoms with Crippen molar-refractivity contribution in [3.05, 3.63) is 65.0 Å². The second kappa shape index (κ2) is 9.83. The van der Waals surface area contributed by atoms with Crippen molar-refractivity contribution in [2.75, 3.05) is 32.7 Å². The molecule has 1 aromatic heterocycles. The summed E-state index contributed by atoms with van der Waals surface area (Å²) < 4.78 is 0. The fourth-order valence-corrected chi connectivity index (χ4v) is 4.08. The van der Waals surface area contributed by atoms with Gasteiger partial charge in [0, 0.05) is 36.8 Å². The van der Waals surface area contributed by atoms with Crippen molar-refractivity contribution in [2.45, 2.75) is 46.0 Å². The number of carbonyl (C=O) groups is 1. The number of hydrogen-bond donors (Lipinski definition) is 0. The zero-order valence-corrected chi connectivity index (χ0v) is 17.5. The van der Waals surface area contributed by atoms with E-state index in [2.05, 4.69) is 54.3 Å². The van der Waals surface area contributed by atoms with Crippen LogP contribution in [-0.2, 0) is 11.2 Å². The lowest BCUT2D eigenvalue weighted by Crippen LogP contribution is -2.43. The highest BCUT2D eigenvalue weighted by atomic mass is 16.2. The topological polar surface area (TPSA) is 36.4 Å². The second-order valence-corrected chi connectivity index (χ2v) is 7.77. The third kappa shape index (κ3) is 5.20. The molecule has 0 unspecified atom stereocenters. The minimum Gasteiger partial charge on any atom is -0.342 e. The molecule has 1 amide bonds. The van der Waals surface area contributed by atoms with Gasteiger partial charge in [-0.2, -0.15) is 0 Å². The number of piperidine rings is 1. The lowest BCUT2D eigenvalue weighted by molar-refractivity contribution is -0.132. The number of benzene rings is 1. The van der Waals surface area contributed by atoms with Crippen LogP contribution < -0.4 is 0 Å². The van der Waals surface area contributed by atoms with Crippen LogP contribution in [0.15, 0.2) is 42.5 Å². The van der Waals surface area contributed by atoms with Crippen LogP contribution in [0.4, 0.5) is 0 Å². The molecule has 0 radical (unpaired) electrons. The molecule has 1 fully saturated rings. The van der Waals surface area contributed by atoms with E-state index in [0.717, 1.165) is 51.1 Å². The summed E-state index contributed by atoms with van der Waals surface area (Å²) in [5.41, 5.74) is 5.02. The van der Waals surface area contributed by atoms with Crippen LogP contribution in [0, 0.1) is 6.92 Å². The second-order valence-electron chi connectivity index (χ2n) is 7.77. The molecule has 0 bridgehead atoms. The summed E-state index contributed by atoms with van der Waals surface area (Å²) >= 11 is 0. The number of nitrogens with zero attached hydrogens (tertiary/aromatic N) is 3. The number of aromatic nitrogens is 1. The van der Waals surface area contributed by atoms with Gasteiger partial charge >= 0.3 is 0 Å². The van der Waals surface area contributed by atoms with Gasteiger partial charge in [0.25, 0.3) is 0 Å². The minimum atomic E-state index is 0.252. The standard InChI is InChI=1S/C24H33N3O/c1-4-27(5-2)24(28)18-26-15-13-20(14-16-26)23-12-8-11-22(25-23)17-21-10-7-6-9-19(21)3/h6-12,20H,4-5,13-18H2,1-3H3. The Kier molecular flexibility index (Phi) is 7.21. The molecule has 0 aliphatic carbocycles. The van der Waals surface area contributed by atoms with Crippen LogP contribution in [0.2, 0.25) is 0 Å². The average molecular weight is 380 g/mol. The summed E-state index contributed by atoms with van der Waals surface area (Å²) in [5, 5.41) is 0. The van der Waals surface area contributed by atoms with Gasteiger partial charge in [-0.05, 0) is 70.0 Å². The highest BCUT2D eigenvalue weighted by Crippen LogP contribution is 2.27. The molecule has 0 N–H and O–H groups in total. The Morgan fingerprint density at radius 1 is 1.07 bits per heavy atom. The predicted molar refractivity (Wildman–Crippen MR) is 115 cm³/mol. The van der Waals surface area contributed by atoms with Crippen LogP contribution >= 0.6 is 0 Å². The van der Waals surface area contributed by atoms with Crippen LogP contribution in [-0.4, -0.2) is 53.4 Å². The van der Waals surface area contributed by atoms with E-state index in [1.165, 1.54) is 16.8 Å². The maximum atomic E-state index is 12.3. The number of amides is 1. The van der Waals surface area contributed by atoms with Gasteiger partial charge in [-0.3, -0.25) is 14.7 Å². The van der Waals surface area contributed by atoms with E-state index in [1.807, 2.05) is 18.7 Å². The van der Waals surface area contributed by atoms with Crippen molar-refractivity contribution in [2.24, 2.45) is 0 Å². The smallest absolute Gasteiger partial charge is 0.236 e. The van der Waals surface area contributed by atoms with Crippen LogP contribution in [0.25, 0.3) is 0 Å². The molecule has 1 aliphatic heterocycles. The van der Waals surface area contributed by atoms with Gasteiger partial charge in [0.1, 0.15) is 0 Å². The summed E-state index contributed by atoms with van der Waals surface area (Å²) in [6, 6.07) is 15.0. The number of hydrogen-bond acceptors (Lipinski definition) is 3. The Hall–Kier alpha value is -2.20. The third-order valence-electron chi connectivity index (χ3n) is 5.94. The van der Waals surface area contributed by atoms with Gasteiger partial charge in [-0.15, -0.1) is 0 Å². The Bertz CT molecular complexity index is 777. The lowest BCUT2D eigenvalue weighted by atomic mass is 9.92. The molecule has 150 valence electrons. The van der Waals surface area contributed by atoms with Crippen molar-refractivity contribution in [1.29, 1.82) is 0 Å². The average Bonchev–Trinajstić information content (AvgIpc) is 2.71. The van der Waals surface area contributed by atoms with E-state index in [4.69, 9.17) is 4.98 Å². The normalized spacial score (nSPS) is 15.5. The number of likely N-dealkylation sites (tertiary alicyclic amines) is 1. The van der Waals surface area contributed by atoms with E-state index >= 15 is 0 Å². The lowest BCUT2D eigenvalue weighted by Gasteiger charge is -2.32. The van der Waals surface area contributed by atoms with Crippen LogP contribution in [0.3, 0.4) is 0 Å². The number of aryl methyl sites for hydroxylation is 1. The van der Waals surface area contributed by atoms with E-state index in [9.17, 15) is 4.79 Å². The number of carbonyl (C=O) groups excluding carboxylic acids is 1. The Balaban J connectivity index is 1.57. The van der Waals surface area contributed by atoms with E-state index in [1.54, 1.807) is 0 Å². The van der Waals surface area contributed by atoms with Gasteiger partial charge in [-0.1, -0.05) is 30.3 Å². The maximum Gasteiger partial charge on any atom is 0.236 e. The Labute approximate surface area is 169 Å². The van der Waals surface area contributed by atoms with Gasteiger partial charge in [0.2, 0.25) is 5.91 Å². The predicted octanol–water partition coefficient (Wildman–Crippen LogP) is 4.03. The molecule has 3 rings (SSSR count). The molecule has 0 atom stereocenters. The first kappa shape index (κ1) is 20.5. The summed E-state index contributed by atoms with van der Waals surface area (Å²) in [5.74, 6) is 0.749. The van der Waals surface area contributed by atoms with Crippen molar-refractivity contribution in [3.63, 3.8) is 0 Å². The van der Waals surface area contributed by atoms with Gasteiger partial charge in [0.15, 0.2) is 0 Å². The number of pyridine rings is 1. The van der Waals surface area contributed by atoms with Crippen molar-refractivity contribution < 1.29 is 4.79 Å². The molecule has 4 nitrogen and oxygen atoms in total. The van der Waals surface area contributed by atoms with Crippen LogP contribution in [0.5, 0.6) is 0 Å². The van der Waals surface area contributed by atoms with Crippen molar-refractivity contribution in [1.82, 2.24) is 14.8 Å². The maximum absolute atomic E-state index is 12.3. The summed E-state index contributed by atoms with van der Waals surface area (Å²) in [7, 11) is 0. The Morgan fingerprint density at radius 3 is 2.46 bits per heavy atom. The highest BCUT2D eigenvalue weighted by Gasteiger charge is 2.24. The zero-order valence-electron chi connectivity index (χ0n) is 17.5. The molecule has 1 aromatic carbocycles. The monoisotopic (exact) mass is 379 g/mol. The van der Waals surface area contributed by atoms with E-state index < -0.39 is 0 Å². The third-order valence-corrected chi connectivity index (χ3v) is 5.94. The minimum absolute atomic E-state index is 0.252. The van der Waals surface area contributed by atoms with E-state index in [-0.39, 0.29) is 5.91 Å². The quantitative estimate of drug-likeness (QED) is 0.729. The molecule has 2 aromatic rings. The first-order valence-corrected chi connectivity index (χ1v) is 10.6. The van der Waals surface area contributed by atoms with Gasteiger partial charge < -0.3 is 4.90 Å². The molecule has 2 heterocycles. The van der Waals surface area contributed by atoms with Crippen molar-refractivity contribution in [3.8, 4) is 0 Å². The highest BCUT2D eigenvalue weighted by molar-refractivity contribution is 5.78. The van der Waals surface area contributed by atoms with Gasteiger partial charge in [0.05, 0.1) is 6.54 Å². The molecule has 1 aliphatic rings.